The lowest BCUT2D eigenvalue weighted by atomic mass is 10.2. The molecule has 2 aromatic rings. The first-order valence-electron chi connectivity index (χ1n) is 13.3. The van der Waals surface area contributed by atoms with Gasteiger partial charge in [-0.2, -0.15) is 0 Å². The Balaban J connectivity index is 1.13. The quantitative estimate of drug-likeness (QED) is 0.168. The molecule has 0 N–H and O–H groups in total. The molecule has 12 nitrogen and oxygen atoms in total. The third-order valence-electron chi connectivity index (χ3n) is 6.42. The lowest BCUT2D eigenvalue weighted by Gasteiger charge is -2.35. The number of benzene rings is 2. The standard InChI is InChI=1S/C28H28Br2N4O8S2/c29-19-1-5-21(6-2-19)43-15-27(39)41-17-33-23(35)11-31(12-24(33)36)9-10-32-13-25(37)34(26(38)14-32)18-42-28(40)16-44-22-7-3-20(30)4-8-22/h1-8H,9-18H2. The van der Waals surface area contributed by atoms with E-state index in [1.165, 1.54) is 23.5 Å². The van der Waals surface area contributed by atoms with E-state index in [-0.39, 0.29) is 50.8 Å². The van der Waals surface area contributed by atoms with Crippen molar-refractivity contribution in [1.29, 1.82) is 0 Å². The van der Waals surface area contributed by atoms with Crippen LogP contribution in [-0.2, 0) is 38.2 Å². The van der Waals surface area contributed by atoms with Crippen molar-refractivity contribution in [3.63, 3.8) is 0 Å². The van der Waals surface area contributed by atoms with Gasteiger partial charge in [-0.1, -0.05) is 31.9 Å². The number of imide groups is 2. The average molecular weight is 772 g/mol. The van der Waals surface area contributed by atoms with Crippen LogP contribution in [0.1, 0.15) is 0 Å². The molecule has 0 aliphatic carbocycles. The molecule has 2 aliphatic rings. The van der Waals surface area contributed by atoms with Gasteiger partial charge < -0.3 is 9.47 Å². The summed E-state index contributed by atoms with van der Waals surface area (Å²) in [7, 11) is 0. The highest BCUT2D eigenvalue weighted by Crippen LogP contribution is 2.22. The SMILES string of the molecule is O=C(CSc1ccc(Br)cc1)OCN1C(=O)CN(CCN2CC(=O)N(COC(=O)CSc3ccc(Br)cc3)C(=O)C2)CC1=O. The summed E-state index contributed by atoms with van der Waals surface area (Å²) in [5, 5.41) is 0. The monoisotopic (exact) mass is 770 g/mol. The normalized spacial score (nSPS) is 16.4. The minimum Gasteiger partial charge on any atom is -0.443 e. The smallest absolute Gasteiger partial charge is 0.318 e. The van der Waals surface area contributed by atoms with E-state index in [1.54, 1.807) is 9.80 Å². The lowest BCUT2D eigenvalue weighted by Crippen LogP contribution is -2.58. The van der Waals surface area contributed by atoms with Gasteiger partial charge >= 0.3 is 11.9 Å². The van der Waals surface area contributed by atoms with Crippen molar-refractivity contribution in [2.45, 2.75) is 9.79 Å². The Kier molecular flexibility index (Phi) is 12.8. The maximum absolute atomic E-state index is 12.6. The maximum atomic E-state index is 12.6. The fourth-order valence-electron chi connectivity index (χ4n) is 4.09. The number of hydrogen-bond donors (Lipinski definition) is 0. The molecule has 2 fully saturated rings. The molecule has 0 saturated carbocycles. The van der Waals surface area contributed by atoms with E-state index in [0.717, 1.165) is 28.5 Å². The van der Waals surface area contributed by atoms with Gasteiger partial charge in [0.05, 0.1) is 37.7 Å². The molecule has 4 rings (SSSR count). The van der Waals surface area contributed by atoms with Crippen LogP contribution in [-0.4, -0.2) is 119 Å². The maximum Gasteiger partial charge on any atom is 0.318 e. The predicted molar refractivity (Wildman–Crippen MR) is 168 cm³/mol. The summed E-state index contributed by atoms with van der Waals surface area (Å²) in [5.41, 5.74) is 0. The molecular formula is C28H28Br2N4O8S2. The van der Waals surface area contributed by atoms with Gasteiger partial charge in [-0.05, 0) is 48.5 Å². The molecule has 2 aromatic carbocycles. The van der Waals surface area contributed by atoms with Crippen molar-refractivity contribution < 1.29 is 38.2 Å². The number of thioether (sulfide) groups is 2. The van der Waals surface area contributed by atoms with Crippen molar-refractivity contribution in [1.82, 2.24) is 19.6 Å². The Morgan fingerprint density at radius 3 is 1.23 bits per heavy atom. The minimum absolute atomic E-state index is 0.0306. The first-order valence-corrected chi connectivity index (χ1v) is 16.8. The van der Waals surface area contributed by atoms with E-state index in [1.807, 2.05) is 48.5 Å². The number of amides is 4. The number of piperazine rings is 2. The Labute approximate surface area is 279 Å². The van der Waals surface area contributed by atoms with Crippen molar-refractivity contribution >= 4 is 91.0 Å². The molecule has 234 valence electrons. The van der Waals surface area contributed by atoms with Crippen molar-refractivity contribution in [3.05, 3.63) is 57.5 Å². The topological polar surface area (TPSA) is 134 Å². The number of esters is 2. The third-order valence-corrected chi connectivity index (χ3v) is 9.45. The van der Waals surface area contributed by atoms with E-state index in [9.17, 15) is 28.8 Å². The van der Waals surface area contributed by atoms with Crippen LogP contribution in [0.4, 0.5) is 0 Å². The fraction of sp³-hybridized carbons (Fsp3) is 0.357. The van der Waals surface area contributed by atoms with E-state index >= 15 is 0 Å². The lowest BCUT2D eigenvalue weighted by molar-refractivity contribution is -0.166. The molecular weight excluding hydrogens is 744 g/mol. The summed E-state index contributed by atoms with van der Waals surface area (Å²) < 4.78 is 12.1. The average Bonchev–Trinajstić information content (AvgIpc) is 2.98. The molecule has 44 heavy (non-hydrogen) atoms. The second-order valence-electron chi connectivity index (χ2n) is 9.63. The second-order valence-corrected chi connectivity index (χ2v) is 13.6. The third kappa shape index (κ3) is 10.4. The molecule has 0 spiro atoms. The molecule has 0 unspecified atom stereocenters. The zero-order chi connectivity index (χ0) is 31.6. The molecule has 2 aliphatic heterocycles. The molecule has 0 radical (unpaired) electrons. The number of hydrogen-bond acceptors (Lipinski definition) is 12. The number of halogens is 2. The van der Waals surface area contributed by atoms with Crippen LogP contribution >= 0.6 is 55.4 Å². The highest BCUT2D eigenvalue weighted by molar-refractivity contribution is 9.10. The van der Waals surface area contributed by atoms with Gasteiger partial charge in [-0.15, -0.1) is 23.5 Å². The Morgan fingerprint density at radius 1 is 0.591 bits per heavy atom. The number of ether oxygens (including phenoxy) is 2. The summed E-state index contributed by atoms with van der Waals surface area (Å²) in [6, 6.07) is 14.8. The number of rotatable bonds is 13. The Hall–Kier alpha value is -2.76. The zero-order valence-corrected chi connectivity index (χ0v) is 28.1. The van der Waals surface area contributed by atoms with Crippen molar-refractivity contribution in [2.24, 2.45) is 0 Å². The highest BCUT2D eigenvalue weighted by atomic mass is 79.9. The number of carbonyl (C=O) groups is 6. The van der Waals surface area contributed by atoms with Gasteiger partial charge in [-0.3, -0.25) is 38.6 Å². The summed E-state index contributed by atoms with van der Waals surface area (Å²) in [4.78, 5) is 81.4. The van der Waals surface area contributed by atoms with E-state index < -0.39 is 49.0 Å². The largest absolute Gasteiger partial charge is 0.443 e. The van der Waals surface area contributed by atoms with Crippen molar-refractivity contribution in [2.75, 3.05) is 64.2 Å². The van der Waals surface area contributed by atoms with Crippen LogP contribution in [0.25, 0.3) is 0 Å². The van der Waals surface area contributed by atoms with Gasteiger partial charge in [0.25, 0.3) is 0 Å². The predicted octanol–water partition coefficient (Wildman–Crippen LogP) is 2.44. The summed E-state index contributed by atoms with van der Waals surface area (Å²) in [6.07, 6.45) is 0. The van der Waals surface area contributed by atoms with Crippen LogP contribution in [0.5, 0.6) is 0 Å². The molecule has 0 atom stereocenters. The summed E-state index contributed by atoms with van der Waals surface area (Å²) >= 11 is 9.25. The van der Waals surface area contributed by atoms with Gasteiger partial charge in [0.1, 0.15) is 0 Å². The number of carbonyl (C=O) groups excluding carboxylic acids is 6. The first kappa shape index (κ1) is 34.1. The molecule has 4 amide bonds. The van der Waals surface area contributed by atoms with Crippen LogP contribution in [0, 0.1) is 0 Å². The van der Waals surface area contributed by atoms with Gasteiger partial charge in [-0.25, -0.2) is 9.80 Å². The molecule has 0 bridgehead atoms. The van der Waals surface area contributed by atoms with Crippen LogP contribution < -0.4 is 0 Å². The minimum atomic E-state index is -0.552. The van der Waals surface area contributed by atoms with Gasteiger partial charge in [0, 0.05) is 31.8 Å². The van der Waals surface area contributed by atoms with E-state index in [2.05, 4.69) is 31.9 Å². The van der Waals surface area contributed by atoms with Crippen molar-refractivity contribution in [3.8, 4) is 0 Å². The van der Waals surface area contributed by atoms with E-state index in [0.29, 0.717) is 0 Å². The molecule has 16 heteroatoms. The molecule has 2 saturated heterocycles. The van der Waals surface area contributed by atoms with Gasteiger partial charge in [0.15, 0.2) is 13.5 Å². The summed E-state index contributed by atoms with van der Waals surface area (Å²) in [6.45, 7) is -0.691. The first-order chi connectivity index (χ1) is 21.1. The van der Waals surface area contributed by atoms with Crippen LogP contribution in [0.15, 0.2) is 67.3 Å². The Bertz CT molecular complexity index is 1260. The molecule has 2 heterocycles. The number of nitrogens with zero attached hydrogens (tertiary/aromatic N) is 4. The second kappa shape index (κ2) is 16.5. The van der Waals surface area contributed by atoms with Crippen LogP contribution in [0.2, 0.25) is 0 Å². The summed E-state index contributed by atoms with van der Waals surface area (Å²) in [5.74, 6) is -3.07. The van der Waals surface area contributed by atoms with Gasteiger partial charge in [0.2, 0.25) is 23.6 Å². The molecule has 0 aromatic heterocycles. The highest BCUT2D eigenvalue weighted by Gasteiger charge is 2.34. The zero-order valence-electron chi connectivity index (χ0n) is 23.3. The Morgan fingerprint density at radius 2 is 0.909 bits per heavy atom. The fourth-order valence-corrected chi connectivity index (χ4v) is 6.01. The van der Waals surface area contributed by atoms with Crippen LogP contribution in [0.3, 0.4) is 0 Å². The van der Waals surface area contributed by atoms with E-state index in [4.69, 9.17) is 9.47 Å².